The molecule has 1 fully saturated rings. The van der Waals surface area contributed by atoms with Gasteiger partial charge in [-0.05, 0) is 17.0 Å². The minimum absolute atomic E-state index is 0. The van der Waals surface area contributed by atoms with Crippen LogP contribution >= 0.6 is 12.4 Å². The molecule has 1 aromatic rings. The van der Waals surface area contributed by atoms with Gasteiger partial charge in [-0.25, -0.2) is 0 Å². The average Bonchev–Trinajstić information content (AvgIpc) is 2.48. The van der Waals surface area contributed by atoms with Crippen LogP contribution in [0.4, 0.5) is 0 Å². The van der Waals surface area contributed by atoms with Crippen molar-refractivity contribution in [1.82, 2.24) is 10.2 Å². The Hall–Kier alpha value is -1.10. The highest BCUT2D eigenvalue weighted by Crippen LogP contribution is 2.15. The quantitative estimate of drug-likeness (QED) is 0.926. The van der Waals surface area contributed by atoms with Gasteiger partial charge in [0, 0.05) is 26.7 Å². The smallest absolute Gasteiger partial charge is 0.253 e. The van der Waals surface area contributed by atoms with Crippen LogP contribution in [0.1, 0.15) is 30.9 Å². The van der Waals surface area contributed by atoms with E-state index in [1.54, 1.807) is 4.90 Å². The fourth-order valence-corrected chi connectivity index (χ4v) is 2.33. The van der Waals surface area contributed by atoms with Crippen LogP contribution in [0.2, 0.25) is 0 Å². The summed E-state index contributed by atoms with van der Waals surface area (Å²) in [6.07, 6.45) is -0.344. The lowest BCUT2D eigenvalue weighted by Crippen LogP contribution is -2.48. The normalized spacial score (nSPS) is 18.2. The summed E-state index contributed by atoms with van der Waals surface area (Å²) >= 11 is 0. The predicted octanol–water partition coefficient (Wildman–Crippen LogP) is 2.18. The van der Waals surface area contributed by atoms with Gasteiger partial charge in [0.2, 0.25) is 0 Å². The summed E-state index contributed by atoms with van der Waals surface area (Å²) in [5.41, 5.74) is 2.47. The van der Waals surface area contributed by atoms with E-state index >= 15 is 0 Å². The first-order valence-electron chi connectivity index (χ1n) is 7.24. The number of hydrogen-bond donors (Lipinski definition) is 1. The summed E-state index contributed by atoms with van der Waals surface area (Å²) in [5, 5.41) is 3.18. The molecule has 0 aromatic heterocycles. The molecule has 2 rings (SSSR count). The second-order valence-electron chi connectivity index (χ2n) is 5.65. The Morgan fingerprint density at radius 2 is 2.05 bits per heavy atom. The highest BCUT2D eigenvalue weighted by atomic mass is 35.5. The molecule has 1 saturated heterocycles. The molecule has 0 bridgehead atoms. The number of rotatable bonds is 4. The van der Waals surface area contributed by atoms with Gasteiger partial charge < -0.3 is 15.0 Å². The van der Waals surface area contributed by atoms with Crippen molar-refractivity contribution in [1.29, 1.82) is 0 Å². The number of likely N-dealkylation sites (N-methyl/N-ethyl adjacent to an activating group) is 1. The molecule has 1 atom stereocenters. The molecular formula is C16H25ClN2O2. The lowest BCUT2D eigenvalue weighted by molar-refractivity contribution is -0.144. The van der Waals surface area contributed by atoms with E-state index in [9.17, 15) is 4.79 Å². The molecule has 1 aliphatic heterocycles. The van der Waals surface area contributed by atoms with Gasteiger partial charge >= 0.3 is 0 Å². The van der Waals surface area contributed by atoms with Crippen LogP contribution in [0, 0.1) is 0 Å². The van der Waals surface area contributed by atoms with Gasteiger partial charge in [0.25, 0.3) is 5.91 Å². The van der Waals surface area contributed by atoms with E-state index < -0.39 is 0 Å². The first kappa shape index (κ1) is 18.0. The lowest BCUT2D eigenvalue weighted by atomic mass is 10.0. The van der Waals surface area contributed by atoms with E-state index in [4.69, 9.17) is 4.74 Å². The summed E-state index contributed by atoms with van der Waals surface area (Å²) in [4.78, 5) is 14.0. The number of carbonyl (C=O) groups is 1. The van der Waals surface area contributed by atoms with Crippen molar-refractivity contribution >= 4 is 18.3 Å². The molecule has 1 heterocycles. The van der Waals surface area contributed by atoms with Crippen molar-refractivity contribution in [3.63, 3.8) is 0 Å². The van der Waals surface area contributed by atoms with Crippen molar-refractivity contribution in [3.8, 4) is 0 Å². The average molecular weight is 313 g/mol. The number of morpholine rings is 1. The number of nitrogens with zero attached hydrogens (tertiary/aromatic N) is 1. The van der Waals surface area contributed by atoms with Crippen LogP contribution in [0.5, 0.6) is 0 Å². The van der Waals surface area contributed by atoms with Crippen LogP contribution in [0.15, 0.2) is 24.3 Å². The molecule has 21 heavy (non-hydrogen) atoms. The number of benzene rings is 1. The van der Waals surface area contributed by atoms with Crippen LogP contribution in [0.3, 0.4) is 0 Å². The zero-order chi connectivity index (χ0) is 14.5. The largest absolute Gasteiger partial charge is 0.366 e. The van der Waals surface area contributed by atoms with Crippen molar-refractivity contribution in [2.45, 2.75) is 32.4 Å². The maximum absolute atomic E-state index is 12.2. The molecule has 1 aromatic carbocycles. The van der Waals surface area contributed by atoms with Gasteiger partial charge in [-0.15, -0.1) is 12.4 Å². The van der Waals surface area contributed by atoms with Crippen LogP contribution < -0.4 is 5.32 Å². The summed E-state index contributed by atoms with van der Waals surface area (Å²) in [6.45, 7) is 7.01. The Morgan fingerprint density at radius 3 is 2.57 bits per heavy atom. The van der Waals surface area contributed by atoms with E-state index in [1.165, 1.54) is 5.56 Å². The molecule has 1 N–H and O–H groups in total. The molecule has 0 spiro atoms. The molecule has 1 amide bonds. The van der Waals surface area contributed by atoms with Crippen molar-refractivity contribution in [3.05, 3.63) is 35.4 Å². The minimum Gasteiger partial charge on any atom is -0.366 e. The molecule has 0 saturated carbocycles. The molecule has 1 aliphatic rings. The van der Waals surface area contributed by atoms with Gasteiger partial charge in [-0.2, -0.15) is 0 Å². The maximum Gasteiger partial charge on any atom is 0.253 e. The number of carbonyl (C=O) groups excluding carboxylic acids is 1. The second kappa shape index (κ2) is 8.37. The molecule has 1 unspecified atom stereocenters. The molecule has 118 valence electrons. The SMILES string of the molecule is CC(C)c1ccc(CN(C)C(=O)C2CNCCO2)cc1.Cl. The second-order valence-corrected chi connectivity index (χ2v) is 5.65. The standard InChI is InChI=1S/C16H24N2O2.ClH/c1-12(2)14-6-4-13(5-7-14)11-18(3)16(19)15-10-17-8-9-20-15;/h4-7,12,15,17H,8-11H2,1-3H3;1H. The highest BCUT2D eigenvalue weighted by Gasteiger charge is 2.24. The van der Waals surface area contributed by atoms with Crippen molar-refractivity contribution < 1.29 is 9.53 Å². The molecule has 4 nitrogen and oxygen atoms in total. The fraction of sp³-hybridized carbons (Fsp3) is 0.562. The van der Waals surface area contributed by atoms with E-state index in [1.807, 2.05) is 7.05 Å². The first-order valence-corrected chi connectivity index (χ1v) is 7.24. The summed E-state index contributed by atoms with van der Waals surface area (Å²) in [7, 11) is 1.83. The maximum atomic E-state index is 12.2. The predicted molar refractivity (Wildman–Crippen MR) is 86.9 cm³/mol. The fourth-order valence-electron chi connectivity index (χ4n) is 2.33. The number of ether oxygens (including phenoxy) is 1. The first-order chi connectivity index (χ1) is 9.58. The monoisotopic (exact) mass is 312 g/mol. The summed E-state index contributed by atoms with van der Waals surface area (Å²) < 4.78 is 5.50. The van der Waals surface area contributed by atoms with Crippen LogP contribution in [-0.2, 0) is 16.1 Å². The van der Waals surface area contributed by atoms with Gasteiger partial charge in [-0.1, -0.05) is 38.1 Å². The van der Waals surface area contributed by atoms with Gasteiger partial charge in [-0.3, -0.25) is 4.79 Å². The van der Waals surface area contributed by atoms with Crippen LogP contribution in [-0.4, -0.2) is 43.7 Å². The Kier molecular flexibility index (Phi) is 7.15. The molecular weight excluding hydrogens is 288 g/mol. The molecule has 0 radical (unpaired) electrons. The molecule has 5 heteroatoms. The van der Waals surface area contributed by atoms with Gasteiger partial charge in [0.05, 0.1) is 6.61 Å². The van der Waals surface area contributed by atoms with Gasteiger partial charge in [0.1, 0.15) is 6.10 Å². The Morgan fingerprint density at radius 1 is 1.38 bits per heavy atom. The Balaban J connectivity index is 0.00000220. The number of halogens is 1. The number of nitrogens with one attached hydrogen (secondary N) is 1. The number of amides is 1. The number of hydrogen-bond acceptors (Lipinski definition) is 3. The highest BCUT2D eigenvalue weighted by molar-refractivity contribution is 5.85. The third-order valence-electron chi connectivity index (χ3n) is 3.65. The van der Waals surface area contributed by atoms with E-state index in [-0.39, 0.29) is 24.4 Å². The molecule has 0 aliphatic carbocycles. The zero-order valence-electron chi connectivity index (χ0n) is 13.0. The third-order valence-corrected chi connectivity index (χ3v) is 3.65. The van der Waals surface area contributed by atoms with E-state index in [2.05, 4.69) is 43.4 Å². The summed E-state index contributed by atoms with van der Waals surface area (Å²) in [6, 6.07) is 8.46. The summed E-state index contributed by atoms with van der Waals surface area (Å²) in [5.74, 6) is 0.579. The Labute approximate surface area is 133 Å². The topological polar surface area (TPSA) is 41.6 Å². The third kappa shape index (κ3) is 4.99. The Bertz CT molecular complexity index is 442. The lowest BCUT2D eigenvalue weighted by Gasteiger charge is -2.27. The minimum atomic E-state index is -0.344. The van der Waals surface area contributed by atoms with E-state index in [0.717, 1.165) is 12.1 Å². The van der Waals surface area contributed by atoms with E-state index in [0.29, 0.717) is 25.6 Å². The zero-order valence-corrected chi connectivity index (χ0v) is 13.8. The van der Waals surface area contributed by atoms with Gasteiger partial charge in [0.15, 0.2) is 0 Å². The van der Waals surface area contributed by atoms with Crippen molar-refractivity contribution in [2.75, 3.05) is 26.7 Å². The van der Waals surface area contributed by atoms with Crippen LogP contribution in [0.25, 0.3) is 0 Å². The van der Waals surface area contributed by atoms with Crippen molar-refractivity contribution in [2.24, 2.45) is 0 Å².